The van der Waals surface area contributed by atoms with Gasteiger partial charge in [0.25, 0.3) is 0 Å². The van der Waals surface area contributed by atoms with Crippen LogP contribution in [0.15, 0.2) is 12.2 Å². The van der Waals surface area contributed by atoms with E-state index in [0.717, 1.165) is 19.3 Å². The van der Waals surface area contributed by atoms with Crippen LogP contribution in [0.25, 0.3) is 0 Å². The van der Waals surface area contributed by atoms with Gasteiger partial charge >= 0.3 is 11.9 Å². The van der Waals surface area contributed by atoms with E-state index >= 15 is 0 Å². The summed E-state index contributed by atoms with van der Waals surface area (Å²) in [7, 11) is 0. The number of alkyl halides is 1. The van der Waals surface area contributed by atoms with Crippen LogP contribution in [-0.4, -0.2) is 17.8 Å². The summed E-state index contributed by atoms with van der Waals surface area (Å²) in [4.78, 5) is 22.1. The van der Waals surface area contributed by atoms with E-state index in [1.807, 2.05) is 0 Å². The average molecular weight is 415 g/mol. The largest absolute Gasteiger partial charge is 0.392 e. The van der Waals surface area contributed by atoms with Gasteiger partial charge in [0.1, 0.15) is 5.88 Å². The van der Waals surface area contributed by atoms with E-state index < -0.39 is 11.9 Å². The number of hydrogen-bond acceptors (Lipinski definition) is 3. The minimum absolute atomic E-state index is 0.263. The highest BCUT2D eigenvalue weighted by Gasteiger charge is 2.08. The lowest BCUT2D eigenvalue weighted by Gasteiger charge is -2.03. The lowest BCUT2D eigenvalue weighted by atomic mass is 10.1. The van der Waals surface area contributed by atoms with Gasteiger partial charge in [-0.15, -0.1) is 11.6 Å². The molecule has 0 bridgehead atoms. The van der Waals surface area contributed by atoms with Crippen molar-refractivity contribution in [2.45, 2.75) is 122 Å². The van der Waals surface area contributed by atoms with Crippen LogP contribution in [0.1, 0.15) is 122 Å². The van der Waals surface area contributed by atoms with Gasteiger partial charge in [0.2, 0.25) is 0 Å². The number of halogens is 1. The van der Waals surface area contributed by atoms with Gasteiger partial charge in [-0.25, -0.2) is 0 Å². The Kier molecular flexibility index (Phi) is 21.8. The van der Waals surface area contributed by atoms with Crippen molar-refractivity contribution in [3.05, 3.63) is 12.2 Å². The summed E-state index contributed by atoms with van der Waals surface area (Å²) in [6, 6.07) is 0. The molecule has 0 spiro atoms. The molecule has 0 atom stereocenters. The second-order valence-corrected chi connectivity index (χ2v) is 8.00. The molecule has 0 N–H and O–H groups in total. The maximum Gasteiger partial charge on any atom is 0.328 e. The molecule has 164 valence electrons. The summed E-state index contributed by atoms with van der Waals surface area (Å²) < 4.78 is 4.52. The highest BCUT2D eigenvalue weighted by Crippen LogP contribution is 2.12. The first-order valence-electron chi connectivity index (χ1n) is 11.6. The van der Waals surface area contributed by atoms with Gasteiger partial charge in [-0.1, -0.05) is 96.1 Å². The van der Waals surface area contributed by atoms with Gasteiger partial charge in [-0.3, -0.25) is 9.59 Å². The summed E-state index contributed by atoms with van der Waals surface area (Å²) in [6.45, 7) is 2.27. The quantitative estimate of drug-likeness (QED) is 0.0668. The summed E-state index contributed by atoms with van der Waals surface area (Å²) >= 11 is 5.28. The molecular weight excluding hydrogens is 372 g/mol. The standard InChI is InChI=1S/C24H43ClO3/c1-2-3-4-5-6-7-8-9-10-11-12-13-14-15-16-17-18-19-20-21-23(26)28-24(27)22-25/h9-10H,2-8,11-22H2,1H3. The molecular formula is C24H43ClO3. The Morgan fingerprint density at radius 2 is 1.07 bits per heavy atom. The smallest absolute Gasteiger partial charge is 0.328 e. The number of carbonyl (C=O) groups is 2. The third kappa shape index (κ3) is 21.5. The van der Waals surface area contributed by atoms with Crippen LogP contribution in [0.5, 0.6) is 0 Å². The van der Waals surface area contributed by atoms with Gasteiger partial charge in [0.15, 0.2) is 0 Å². The highest BCUT2D eigenvalue weighted by molar-refractivity contribution is 6.27. The van der Waals surface area contributed by atoms with Gasteiger partial charge in [-0.2, -0.15) is 0 Å². The molecule has 0 fully saturated rings. The second-order valence-electron chi connectivity index (χ2n) is 7.73. The van der Waals surface area contributed by atoms with Crippen molar-refractivity contribution >= 4 is 23.5 Å². The summed E-state index contributed by atoms with van der Waals surface area (Å²) in [5, 5.41) is 0. The molecule has 3 nitrogen and oxygen atoms in total. The first-order valence-corrected chi connectivity index (χ1v) is 12.2. The monoisotopic (exact) mass is 414 g/mol. The van der Waals surface area contributed by atoms with Crippen LogP contribution in [0.4, 0.5) is 0 Å². The third-order valence-electron chi connectivity index (χ3n) is 4.98. The van der Waals surface area contributed by atoms with Crippen LogP contribution in [0.2, 0.25) is 0 Å². The highest BCUT2D eigenvalue weighted by atomic mass is 35.5. The first-order chi connectivity index (χ1) is 13.7. The Bertz CT molecular complexity index is 393. The molecule has 0 radical (unpaired) electrons. The summed E-state index contributed by atoms with van der Waals surface area (Å²) in [6.07, 6.45) is 26.6. The number of allylic oxidation sites excluding steroid dienone is 2. The zero-order valence-electron chi connectivity index (χ0n) is 18.2. The molecule has 28 heavy (non-hydrogen) atoms. The Morgan fingerprint density at radius 3 is 1.54 bits per heavy atom. The van der Waals surface area contributed by atoms with E-state index in [4.69, 9.17) is 11.6 Å². The molecule has 0 amide bonds. The molecule has 0 saturated heterocycles. The van der Waals surface area contributed by atoms with Crippen molar-refractivity contribution in [3.63, 3.8) is 0 Å². The number of esters is 2. The number of ether oxygens (including phenoxy) is 1. The fourth-order valence-electron chi connectivity index (χ4n) is 3.25. The van der Waals surface area contributed by atoms with Crippen LogP contribution in [0, 0.1) is 0 Å². The van der Waals surface area contributed by atoms with Gasteiger partial charge in [0, 0.05) is 6.42 Å². The molecule has 0 saturated carbocycles. The van der Waals surface area contributed by atoms with E-state index in [1.165, 1.54) is 89.9 Å². The first kappa shape index (κ1) is 27.2. The van der Waals surface area contributed by atoms with Gasteiger partial charge in [0.05, 0.1) is 0 Å². The lowest BCUT2D eigenvalue weighted by Crippen LogP contribution is -2.12. The van der Waals surface area contributed by atoms with Crippen molar-refractivity contribution < 1.29 is 14.3 Å². The summed E-state index contributed by atoms with van der Waals surface area (Å²) in [5.41, 5.74) is 0. The van der Waals surface area contributed by atoms with E-state index in [1.54, 1.807) is 0 Å². The molecule has 0 heterocycles. The van der Waals surface area contributed by atoms with Crippen molar-refractivity contribution in [1.82, 2.24) is 0 Å². The molecule has 0 aromatic rings. The van der Waals surface area contributed by atoms with Gasteiger partial charge in [-0.05, 0) is 32.1 Å². The lowest BCUT2D eigenvalue weighted by molar-refractivity contribution is -0.157. The van der Waals surface area contributed by atoms with E-state index in [-0.39, 0.29) is 5.88 Å². The van der Waals surface area contributed by atoms with E-state index in [2.05, 4.69) is 23.8 Å². The predicted molar refractivity (Wildman–Crippen MR) is 120 cm³/mol. The Labute approximate surface area is 178 Å². The third-order valence-corrected chi connectivity index (χ3v) is 5.20. The Hall–Kier alpha value is -0.830. The fraction of sp³-hybridized carbons (Fsp3) is 0.833. The molecule has 0 rings (SSSR count). The minimum Gasteiger partial charge on any atom is -0.392 e. The topological polar surface area (TPSA) is 43.4 Å². The minimum atomic E-state index is -0.653. The predicted octanol–water partition coefficient (Wildman–Crippen LogP) is 7.89. The maximum atomic E-state index is 11.3. The molecule has 0 aliphatic rings. The number of unbranched alkanes of at least 4 members (excludes halogenated alkanes) is 15. The number of carbonyl (C=O) groups excluding carboxylic acids is 2. The zero-order chi connectivity index (χ0) is 20.7. The van der Waals surface area contributed by atoms with Crippen LogP contribution >= 0.6 is 11.6 Å². The maximum absolute atomic E-state index is 11.3. The van der Waals surface area contributed by atoms with Crippen LogP contribution < -0.4 is 0 Å². The van der Waals surface area contributed by atoms with E-state index in [9.17, 15) is 9.59 Å². The number of rotatable bonds is 20. The molecule has 0 aliphatic carbocycles. The number of hydrogen-bond donors (Lipinski definition) is 0. The average Bonchev–Trinajstić information content (AvgIpc) is 2.69. The SMILES string of the molecule is CCCCCCCCC=CCCCCCCCCCCCC(=O)OC(=O)CCl. The zero-order valence-corrected chi connectivity index (χ0v) is 18.9. The normalized spacial score (nSPS) is 11.2. The molecule has 0 aromatic heterocycles. The molecule has 0 aromatic carbocycles. The Balaban J connectivity index is 3.18. The van der Waals surface area contributed by atoms with Crippen molar-refractivity contribution in [2.24, 2.45) is 0 Å². The molecule has 4 heteroatoms. The molecule has 0 unspecified atom stereocenters. The fourth-order valence-corrected chi connectivity index (χ4v) is 3.31. The Morgan fingerprint density at radius 1 is 0.643 bits per heavy atom. The van der Waals surface area contributed by atoms with Crippen molar-refractivity contribution in [3.8, 4) is 0 Å². The van der Waals surface area contributed by atoms with Crippen LogP contribution in [-0.2, 0) is 14.3 Å². The second kappa shape index (κ2) is 22.5. The van der Waals surface area contributed by atoms with Crippen LogP contribution in [0.3, 0.4) is 0 Å². The molecule has 0 aliphatic heterocycles. The van der Waals surface area contributed by atoms with Crippen molar-refractivity contribution in [2.75, 3.05) is 5.88 Å². The summed E-state index contributed by atoms with van der Waals surface area (Å²) in [5.74, 6) is -1.37. The van der Waals surface area contributed by atoms with Gasteiger partial charge < -0.3 is 4.74 Å². The van der Waals surface area contributed by atoms with E-state index in [0.29, 0.717) is 6.42 Å². The van der Waals surface area contributed by atoms with Crippen molar-refractivity contribution in [1.29, 1.82) is 0 Å².